The van der Waals surface area contributed by atoms with Gasteiger partial charge in [0.05, 0.1) is 12.1 Å². The van der Waals surface area contributed by atoms with Gasteiger partial charge in [0.25, 0.3) is 5.91 Å². The minimum absolute atomic E-state index is 0.132. The van der Waals surface area contributed by atoms with Crippen LogP contribution in [-0.4, -0.2) is 35.2 Å². The molecule has 5 nitrogen and oxygen atoms in total. The summed E-state index contributed by atoms with van der Waals surface area (Å²) in [5, 5.41) is 15.7. The second-order valence-electron chi connectivity index (χ2n) is 5.06. The first-order valence-corrected chi connectivity index (χ1v) is 6.75. The molecule has 19 heavy (non-hydrogen) atoms. The van der Waals surface area contributed by atoms with E-state index in [1.807, 2.05) is 6.92 Å². The number of rotatable bonds is 3. The third-order valence-corrected chi connectivity index (χ3v) is 3.52. The average molecular weight is 263 g/mol. The number of aliphatic hydroxyl groups excluding tert-OH is 1. The van der Waals surface area contributed by atoms with E-state index in [2.05, 4.69) is 15.6 Å². The molecule has 1 aliphatic rings. The SMILES string of the molecule is CNc1cc(C(=O)NC2CCCCC2O)cc(C)n1. The van der Waals surface area contributed by atoms with E-state index in [4.69, 9.17) is 0 Å². The molecule has 1 saturated carbocycles. The van der Waals surface area contributed by atoms with Crippen LogP contribution in [0.15, 0.2) is 12.1 Å². The molecule has 0 radical (unpaired) electrons. The highest BCUT2D eigenvalue weighted by atomic mass is 16.3. The molecule has 1 aromatic rings. The van der Waals surface area contributed by atoms with Crippen molar-refractivity contribution in [3.63, 3.8) is 0 Å². The fourth-order valence-corrected chi connectivity index (χ4v) is 2.46. The number of carbonyl (C=O) groups is 1. The second-order valence-corrected chi connectivity index (χ2v) is 5.06. The summed E-state index contributed by atoms with van der Waals surface area (Å²) in [6.45, 7) is 1.85. The van der Waals surface area contributed by atoms with Crippen molar-refractivity contribution >= 4 is 11.7 Å². The molecule has 0 aliphatic heterocycles. The lowest BCUT2D eigenvalue weighted by atomic mass is 9.92. The fraction of sp³-hybridized carbons (Fsp3) is 0.571. The molecule has 2 atom stereocenters. The van der Waals surface area contributed by atoms with Crippen molar-refractivity contribution in [3.8, 4) is 0 Å². The summed E-state index contributed by atoms with van der Waals surface area (Å²) in [7, 11) is 1.77. The van der Waals surface area contributed by atoms with E-state index in [0.717, 1.165) is 31.4 Å². The lowest BCUT2D eigenvalue weighted by Crippen LogP contribution is -2.45. The molecule has 2 rings (SSSR count). The van der Waals surface area contributed by atoms with Crippen LogP contribution >= 0.6 is 0 Å². The molecule has 2 unspecified atom stereocenters. The Morgan fingerprint density at radius 3 is 2.79 bits per heavy atom. The van der Waals surface area contributed by atoms with Gasteiger partial charge in [0.2, 0.25) is 0 Å². The molecule has 1 aromatic heterocycles. The number of hydrogen-bond donors (Lipinski definition) is 3. The van der Waals surface area contributed by atoms with Gasteiger partial charge < -0.3 is 15.7 Å². The molecule has 0 saturated heterocycles. The number of aryl methyl sites for hydroxylation is 1. The summed E-state index contributed by atoms with van der Waals surface area (Å²) in [4.78, 5) is 16.5. The highest BCUT2D eigenvalue weighted by molar-refractivity contribution is 5.95. The van der Waals surface area contributed by atoms with Gasteiger partial charge in [0, 0.05) is 18.3 Å². The van der Waals surface area contributed by atoms with Gasteiger partial charge in [0.15, 0.2) is 0 Å². The molecule has 5 heteroatoms. The van der Waals surface area contributed by atoms with Gasteiger partial charge in [-0.3, -0.25) is 4.79 Å². The molecule has 1 fully saturated rings. The lowest BCUT2D eigenvalue weighted by Gasteiger charge is -2.28. The van der Waals surface area contributed by atoms with E-state index in [9.17, 15) is 9.90 Å². The van der Waals surface area contributed by atoms with Crippen LogP contribution < -0.4 is 10.6 Å². The van der Waals surface area contributed by atoms with Crippen LogP contribution in [0.4, 0.5) is 5.82 Å². The van der Waals surface area contributed by atoms with Crippen LogP contribution in [0.2, 0.25) is 0 Å². The van der Waals surface area contributed by atoms with Gasteiger partial charge in [0.1, 0.15) is 5.82 Å². The van der Waals surface area contributed by atoms with Crippen molar-refractivity contribution in [2.75, 3.05) is 12.4 Å². The molecule has 0 bridgehead atoms. The number of pyridine rings is 1. The standard InChI is InChI=1S/C14H21N3O2/c1-9-7-10(8-13(15-2)16-9)14(19)17-11-5-3-4-6-12(11)18/h7-8,11-12,18H,3-6H2,1-2H3,(H,15,16)(H,17,19). The molecular formula is C14H21N3O2. The first kappa shape index (κ1) is 13.8. The van der Waals surface area contributed by atoms with Crippen molar-refractivity contribution in [3.05, 3.63) is 23.4 Å². The minimum Gasteiger partial charge on any atom is -0.391 e. The van der Waals surface area contributed by atoms with Gasteiger partial charge in [-0.25, -0.2) is 4.98 Å². The molecule has 104 valence electrons. The Labute approximate surface area is 113 Å². The minimum atomic E-state index is -0.426. The van der Waals surface area contributed by atoms with Crippen LogP contribution in [0.3, 0.4) is 0 Å². The first-order valence-electron chi connectivity index (χ1n) is 6.75. The fourth-order valence-electron chi connectivity index (χ4n) is 2.46. The zero-order valence-corrected chi connectivity index (χ0v) is 11.4. The summed E-state index contributed by atoms with van der Waals surface area (Å²) in [5.41, 5.74) is 1.37. The normalized spacial score (nSPS) is 22.9. The Balaban J connectivity index is 2.08. The van der Waals surface area contributed by atoms with E-state index in [0.29, 0.717) is 11.4 Å². The Kier molecular flexibility index (Phi) is 4.37. The topological polar surface area (TPSA) is 74.2 Å². The predicted molar refractivity (Wildman–Crippen MR) is 74.2 cm³/mol. The number of nitrogens with one attached hydrogen (secondary N) is 2. The van der Waals surface area contributed by atoms with E-state index < -0.39 is 6.10 Å². The molecular weight excluding hydrogens is 242 g/mol. The van der Waals surface area contributed by atoms with Crippen molar-refractivity contribution in [1.82, 2.24) is 10.3 Å². The van der Waals surface area contributed by atoms with Crippen LogP contribution in [0.1, 0.15) is 41.7 Å². The number of carbonyl (C=O) groups excluding carboxylic acids is 1. The number of aliphatic hydroxyl groups is 1. The number of nitrogens with zero attached hydrogens (tertiary/aromatic N) is 1. The quantitative estimate of drug-likeness (QED) is 0.772. The number of anilines is 1. The zero-order chi connectivity index (χ0) is 13.8. The summed E-state index contributed by atoms with van der Waals surface area (Å²) in [5.74, 6) is 0.530. The monoisotopic (exact) mass is 263 g/mol. The molecule has 1 aliphatic carbocycles. The Bertz CT molecular complexity index is 462. The van der Waals surface area contributed by atoms with E-state index >= 15 is 0 Å². The van der Waals surface area contributed by atoms with Gasteiger partial charge in [-0.05, 0) is 31.9 Å². The lowest BCUT2D eigenvalue weighted by molar-refractivity contribution is 0.0717. The first-order chi connectivity index (χ1) is 9.10. The average Bonchev–Trinajstić information content (AvgIpc) is 2.40. The maximum Gasteiger partial charge on any atom is 0.251 e. The molecule has 0 spiro atoms. The summed E-state index contributed by atoms with van der Waals surface area (Å²) >= 11 is 0. The maximum absolute atomic E-state index is 12.2. The van der Waals surface area contributed by atoms with Crippen molar-refractivity contribution < 1.29 is 9.90 Å². The van der Waals surface area contributed by atoms with Crippen molar-refractivity contribution in [2.24, 2.45) is 0 Å². The van der Waals surface area contributed by atoms with Crippen LogP contribution in [0, 0.1) is 6.92 Å². The predicted octanol–water partition coefficient (Wildman–Crippen LogP) is 1.47. The van der Waals surface area contributed by atoms with Gasteiger partial charge in [-0.1, -0.05) is 12.8 Å². The number of hydrogen-bond acceptors (Lipinski definition) is 4. The van der Waals surface area contributed by atoms with Crippen molar-refractivity contribution in [1.29, 1.82) is 0 Å². The van der Waals surface area contributed by atoms with E-state index in [1.165, 1.54) is 0 Å². The zero-order valence-electron chi connectivity index (χ0n) is 11.4. The Morgan fingerprint density at radius 1 is 1.37 bits per heavy atom. The molecule has 1 heterocycles. The summed E-state index contributed by atoms with van der Waals surface area (Å²) in [6.07, 6.45) is 3.27. The highest BCUT2D eigenvalue weighted by Gasteiger charge is 2.25. The molecule has 3 N–H and O–H groups in total. The third kappa shape index (κ3) is 3.44. The van der Waals surface area contributed by atoms with Crippen LogP contribution in [0.5, 0.6) is 0 Å². The molecule has 0 aromatic carbocycles. The van der Waals surface area contributed by atoms with Crippen molar-refractivity contribution in [2.45, 2.75) is 44.8 Å². The second kappa shape index (κ2) is 6.02. The number of aromatic nitrogens is 1. The highest BCUT2D eigenvalue weighted by Crippen LogP contribution is 2.19. The van der Waals surface area contributed by atoms with Gasteiger partial charge in [-0.2, -0.15) is 0 Å². The number of amides is 1. The largest absolute Gasteiger partial charge is 0.391 e. The van der Waals surface area contributed by atoms with Crippen LogP contribution in [-0.2, 0) is 0 Å². The van der Waals surface area contributed by atoms with E-state index in [1.54, 1.807) is 19.2 Å². The maximum atomic E-state index is 12.2. The summed E-state index contributed by atoms with van der Waals surface area (Å²) < 4.78 is 0. The van der Waals surface area contributed by atoms with E-state index in [-0.39, 0.29) is 11.9 Å². The van der Waals surface area contributed by atoms with Crippen LogP contribution in [0.25, 0.3) is 0 Å². The third-order valence-electron chi connectivity index (χ3n) is 3.52. The van der Waals surface area contributed by atoms with Gasteiger partial charge in [-0.15, -0.1) is 0 Å². The summed E-state index contributed by atoms with van der Waals surface area (Å²) in [6, 6.07) is 3.34. The smallest absolute Gasteiger partial charge is 0.251 e. The van der Waals surface area contributed by atoms with Gasteiger partial charge >= 0.3 is 0 Å². The Hall–Kier alpha value is -1.62. The molecule has 1 amide bonds. The Morgan fingerprint density at radius 2 is 2.11 bits per heavy atom.